The van der Waals surface area contributed by atoms with Gasteiger partial charge in [0.2, 0.25) is 0 Å². The summed E-state index contributed by atoms with van der Waals surface area (Å²) in [6.45, 7) is 3.52. The fourth-order valence-corrected chi connectivity index (χ4v) is 0.616. The van der Waals surface area contributed by atoms with Gasteiger partial charge in [0.1, 0.15) is 0 Å². The van der Waals surface area contributed by atoms with Gasteiger partial charge in [-0.1, -0.05) is 25.4 Å². The first-order valence-electron chi connectivity index (χ1n) is 3.18. The van der Waals surface area contributed by atoms with Crippen molar-refractivity contribution < 1.29 is 9.90 Å². The molecule has 0 unspecified atom stereocenters. The predicted molar refractivity (Wildman–Crippen MR) is 42.4 cm³/mol. The molecule has 59 valence electrons. The van der Waals surface area contributed by atoms with E-state index in [-0.39, 0.29) is 35.5 Å². The van der Waals surface area contributed by atoms with Crippen molar-refractivity contribution in [3.8, 4) is 0 Å². The Morgan fingerprint density at radius 2 is 2.09 bits per heavy atom. The predicted octanol–water partition coefficient (Wildman–Crippen LogP) is 0.871. The molecule has 0 aliphatic carbocycles. The molecule has 0 fully saturated rings. The van der Waals surface area contributed by atoms with Gasteiger partial charge in [-0.25, -0.2) is 4.79 Å². The largest absolute Gasteiger partial charge is 0.480 e. The average Bonchev–Trinajstić information content (AvgIpc) is 1.88. The van der Waals surface area contributed by atoms with Crippen LogP contribution >= 0.6 is 0 Å². The maximum Gasteiger partial charge on any atom is 0.332 e. The van der Waals surface area contributed by atoms with E-state index in [0.29, 0.717) is 6.42 Å². The number of hydrogen-bond donors (Lipinski definition) is 1. The maximum absolute atomic E-state index is 10.2. The van der Waals surface area contributed by atoms with Crippen LogP contribution in [0.25, 0.3) is 0 Å². The van der Waals surface area contributed by atoms with Crippen molar-refractivity contribution in [2.75, 3.05) is 0 Å². The van der Waals surface area contributed by atoms with Gasteiger partial charge >= 0.3 is 5.97 Å². The molecule has 0 saturated heterocycles. The number of carboxylic acid groups (broad SMARTS) is 1. The third-order valence-corrected chi connectivity index (χ3v) is 1.55. The van der Waals surface area contributed by atoms with E-state index in [2.05, 4.69) is 5.18 Å². The molecule has 0 aromatic carbocycles. The van der Waals surface area contributed by atoms with Crippen LogP contribution in [0, 0.1) is 10.8 Å². The molecule has 0 aliphatic heterocycles. The van der Waals surface area contributed by atoms with E-state index in [0.717, 1.165) is 0 Å². The van der Waals surface area contributed by atoms with Gasteiger partial charge in [0, 0.05) is 29.6 Å². The van der Waals surface area contributed by atoms with Crippen LogP contribution in [0.4, 0.5) is 0 Å². The number of rotatable bonds is 4. The van der Waals surface area contributed by atoms with Crippen LogP contribution < -0.4 is 0 Å². The average molecular weight is 168 g/mol. The van der Waals surface area contributed by atoms with Crippen LogP contribution in [0.2, 0.25) is 0 Å². The Labute approximate surface area is 87.6 Å². The molecule has 0 saturated carbocycles. The minimum Gasteiger partial charge on any atom is -0.480 e. The first kappa shape index (κ1) is 13.6. The minimum absolute atomic E-state index is 0. The van der Waals surface area contributed by atoms with Crippen LogP contribution in [-0.4, -0.2) is 46.7 Å². The van der Waals surface area contributed by atoms with Crippen LogP contribution in [0.5, 0.6) is 0 Å². The van der Waals surface area contributed by atoms with E-state index >= 15 is 0 Å². The smallest absolute Gasteiger partial charge is 0.332 e. The van der Waals surface area contributed by atoms with Crippen molar-refractivity contribution in [3.05, 3.63) is 4.91 Å². The molecule has 0 aromatic heterocycles. The molecule has 2 atom stereocenters. The second-order valence-electron chi connectivity index (χ2n) is 2.27. The van der Waals surface area contributed by atoms with Crippen LogP contribution in [0.3, 0.4) is 0 Å². The monoisotopic (exact) mass is 168 g/mol. The summed E-state index contributed by atoms with van der Waals surface area (Å²) in [7, 11) is 0. The van der Waals surface area contributed by atoms with Crippen molar-refractivity contribution in [1.82, 2.24) is 0 Å². The molecular formula is C6H11NNaO3. The number of carbonyl (C=O) groups is 1. The Morgan fingerprint density at radius 3 is 2.18 bits per heavy atom. The van der Waals surface area contributed by atoms with Crippen molar-refractivity contribution in [3.63, 3.8) is 0 Å². The van der Waals surface area contributed by atoms with E-state index in [1.54, 1.807) is 6.92 Å². The molecule has 0 aromatic rings. The molecule has 0 heterocycles. The summed E-state index contributed by atoms with van der Waals surface area (Å²) in [6, 6.07) is -1.08. The van der Waals surface area contributed by atoms with E-state index < -0.39 is 12.0 Å². The Morgan fingerprint density at radius 1 is 1.64 bits per heavy atom. The molecule has 0 spiro atoms. The molecule has 0 rings (SSSR count). The van der Waals surface area contributed by atoms with Crippen LogP contribution in [0.15, 0.2) is 5.18 Å². The summed E-state index contributed by atoms with van der Waals surface area (Å²) in [4.78, 5) is 20.2. The summed E-state index contributed by atoms with van der Waals surface area (Å²) >= 11 is 0. The van der Waals surface area contributed by atoms with E-state index in [4.69, 9.17) is 5.11 Å². The molecule has 1 radical (unpaired) electrons. The van der Waals surface area contributed by atoms with Gasteiger partial charge in [-0.15, -0.1) is 4.91 Å². The summed E-state index contributed by atoms with van der Waals surface area (Å²) < 4.78 is 0. The Bertz CT molecular complexity index is 140. The van der Waals surface area contributed by atoms with E-state index in [1.165, 1.54) is 0 Å². The van der Waals surface area contributed by atoms with Crippen LogP contribution in [0.1, 0.15) is 20.3 Å². The number of carboxylic acids is 1. The fraction of sp³-hybridized carbons (Fsp3) is 0.833. The zero-order valence-corrected chi connectivity index (χ0v) is 9.07. The topological polar surface area (TPSA) is 66.7 Å². The first-order valence-corrected chi connectivity index (χ1v) is 3.18. The van der Waals surface area contributed by atoms with Gasteiger partial charge in [0.05, 0.1) is 0 Å². The van der Waals surface area contributed by atoms with E-state index in [9.17, 15) is 9.70 Å². The van der Waals surface area contributed by atoms with Crippen molar-refractivity contribution in [1.29, 1.82) is 0 Å². The fourth-order valence-electron chi connectivity index (χ4n) is 0.616. The zero-order chi connectivity index (χ0) is 8.15. The second kappa shape index (κ2) is 6.76. The Kier molecular flexibility index (Phi) is 8.39. The number of nitrogens with zero attached hydrogens (tertiary/aromatic N) is 1. The van der Waals surface area contributed by atoms with Crippen molar-refractivity contribution in [2.24, 2.45) is 11.1 Å². The van der Waals surface area contributed by atoms with Gasteiger partial charge in [0.25, 0.3) is 0 Å². The molecule has 5 heteroatoms. The Hall–Kier alpha value is 0.0700. The van der Waals surface area contributed by atoms with Gasteiger partial charge in [-0.05, 0) is 5.92 Å². The van der Waals surface area contributed by atoms with Crippen molar-refractivity contribution >= 4 is 35.5 Å². The second-order valence-corrected chi connectivity index (χ2v) is 2.27. The summed E-state index contributed by atoms with van der Waals surface area (Å²) in [5.41, 5.74) is 0. The number of aliphatic carboxylic acids is 1. The molecule has 0 bridgehead atoms. The summed E-state index contributed by atoms with van der Waals surface area (Å²) in [6.07, 6.45) is 0.655. The molecule has 11 heavy (non-hydrogen) atoms. The molecular weight excluding hydrogens is 157 g/mol. The quantitative estimate of drug-likeness (QED) is 0.500. The SMILES string of the molecule is CC[C@H](C)[C@H](N=O)C(=O)O.[Na]. The van der Waals surface area contributed by atoms with Gasteiger partial charge in [0.15, 0.2) is 6.04 Å². The molecule has 4 nitrogen and oxygen atoms in total. The van der Waals surface area contributed by atoms with Gasteiger partial charge < -0.3 is 5.11 Å². The normalized spacial score (nSPS) is 14.4. The van der Waals surface area contributed by atoms with E-state index in [1.807, 2.05) is 6.92 Å². The molecule has 0 aliphatic rings. The number of hydrogen-bond acceptors (Lipinski definition) is 3. The van der Waals surface area contributed by atoms with Gasteiger partial charge in [-0.2, -0.15) is 0 Å². The first-order chi connectivity index (χ1) is 4.63. The number of nitroso groups, excluding NO2 is 1. The Balaban J connectivity index is 0. The van der Waals surface area contributed by atoms with Crippen LogP contribution in [-0.2, 0) is 4.79 Å². The third-order valence-electron chi connectivity index (χ3n) is 1.55. The maximum atomic E-state index is 10.2. The summed E-state index contributed by atoms with van der Waals surface area (Å²) in [5.74, 6) is -1.31. The summed E-state index contributed by atoms with van der Waals surface area (Å²) in [5, 5.41) is 10.9. The standard InChI is InChI=1S/C6H11NO3.Na/c1-3-4(2)5(7-10)6(8)9;/h4-5H,3H2,1-2H3,(H,8,9);/t4-,5-;/m0./s1. The van der Waals surface area contributed by atoms with Gasteiger partial charge in [-0.3, -0.25) is 0 Å². The minimum atomic E-state index is -1.13. The third kappa shape index (κ3) is 4.50. The molecule has 0 amide bonds. The molecule has 1 N–H and O–H groups in total. The van der Waals surface area contributed by atoms with Crippen molar-refractivity contribution in [2.45, 2.75) is 26.3 Å². The zero-order valence-electron chi connectivity index (χ0n) is 7.07.